The standard InChI is InChI=1S/C25H19F3N4O5/c1-16-5-2-3-8-23(16)37-21-13-18(12-19(14-21)32(34)35)29-24(33)22-9-10-31(30-22)15-36-20-7-4-6-17(11-20)25(26,27)28/h2-14H,15H2,1H3,(H,29,33). The number of nitro groups is 1. The van der Waals surface area contributed by atoms with E-state index in [1.807, 2.05) is 19.1 Å². The number of nitrogens with one attached hydrogen (secondary N) is 1. The minimum Gasteiger partial charge on any atom is -0.471 e. The third-order valence-electron chi connectivity index (χ3n) is 5.08. The molecule has 0 bridgehead atoms. The maximum Gasteiger partial charge on any atom is 0.416 e. The second-order valence-corrected chi connectivity index (χ2v) is 7.83. The number of carbonyl (C=O) groups excluding carboxylic acids is 1. The lowest BCUT2D eigenvalue weighted by molar-refractivity contribution is -0.384. The average molecular weight is 512 g/mol. The average Bonchev–Trinajstić information content (AvgIpc) is 3.33. The molecule has 0 aliphatic heterocycles. The van der Waals surface area contributed by atoms with Gasteiger partial charge in [0.25, 0.3) is 11.6 Å². The molecular formula is C25H19F3N4O5. The molecule has 9 nitrogen and oxygen atoms in total. The summed E-state index contributed by atoms with van der Waals surface area (Å²) in [6, 6.07) is 16.7. The molecule has 190 valence electrons. The molecular weight excluding hydrogens is 493 g/mol. The number of amides is 1. The number of alkyl halides is 3. The van der Waals surface area contributed by atoms with E-state index in [0.717, 1.165) is 17.7 Å². The van der Waals surface area contributed by atoms with E-state index in [9.17, 15) is 28.1 Å². The summed E-state index contributed by atoms with van der Waals surface area (Å²) < 4.78 is 50.9. The number of para-hydroxylation sites is 1. The number of hydrogen-bond donors (Lipinski definition) is 1. The second-order valence-electron chi connectivity index (χ2n) is 7.83. The Kier molecular flexibility index (Phi) is 7.09. The van der Waals surface area contributed by atoms with Crippen LogP contribution >= 0.6 is 0 Å². The van der Waals surface area contributed by atoms with Gasteiger partial charge in [0.1, 0.15) is 17.2 Å². The number of carbonyl (C=O) groups is 1. The van der Waals surface area contributed by atoms with E-state index < -0.39 is 22.6 Å². The summed E-state index contributed by atoms with van der Waals surface area (Å²) in [5.74, 6) is -0.0344. The molecule has 1 heterocycles. The molecule has 4 rings (SSSR count). The number of rotatable bonds is 8. The Morgan fingerprint density at radius 1 is 1.05 bits per heavy atom. The molecule has 0 radical (unpaired) electrons. The Labute approximate surface area is 208 Å². The van der Waals surface area contributed by atoms with Crippen LogP contribution < -0.4 is 14.8 Å². The van der Waals surface area contributed by atoms with Gasteiger partial charge in [-0.05, 0) is 42.8 Å². The fourth-order valence-electron chi connectivity index (χ4n) is 3.27. The maximum atomic E-state index is 12.9. The lowest BCUT2D eigenvalue weighted by Gasteiger charge is -2.11. The zero-order chi connectivity index (χ0) is 26.6. The number of ether oxygens (including phenoxy) is 2. The van der Waals surface area contributed by atoms with Crippen LogP contribution in [0.25, 0.3) is 0 Å². The topological polar surface area (TPSA) is 109 Å². The summed E-state index contributed by atoms with van der Waals surface area (Å²) >= 11 is 0. The maximum absolute atomic E-state index is 12.9. The van der Waals surface area contributed by atoms with Gasteiger partial charge in [0.05, 0.1) is 22.2 Å². The molecule has 12 heteroatoms. The number of nitrogens with zero attached hydrogens (tertiary/aromatic N) is 3. The first-order valence-corrected chi connectivity index (χ1v) is 10.8. The highest BCUT2D eigenvalue weighted by atomic mass is 19.4. The van der Waals surface area contributed by atoms with Gasteiger partial charge in [-0.15, -0.1) is 0 Å². The molecule has 0 atom stereocenters. The van der Waals surface area contributed by atoms with Gasteiger partial charge in [-0.3, -0.25) is 14.9 Å². The smallest absolute Gasteiger partial charge is 0.416 e. The number of non-ortho nitro benzene ring substituents is 1. The zero-order valence-corrected chi connectivity index (χ0v) is 19.2. The van der Waals surface area contributed by atoms with Crippen LogP contribution in [-0.2, 0) is 12.9 Å². The summed E-state index contributed by atoms with van der Waals surface area (Å²) in [4.78, 5) is 23.5. The van der Waals surface area contributed by atoms with Crippen LogP contribution in [-0.4, -0.2) is 20.6 Å². The molecule has 4 aromatic rings. The van der Waals surface area contributed by atoms with Crippen LogP contribution in [0.15, 0.2) is 79.0 Å². The first kappa shape index (κ1) is 25.2. The van der Waals surface area contributed by atoms with E-state index in [2.05, 4.69) is 10.4 Å². The van der Waals surface area contributed by atoms with Crippen molar-refractivity contribution >= 4 is 17.3 Å². The predicted octanol–water partition coefficient (Wildman–Crippen LogP) is 6.20. The van der Waals surface area contributed by atoms with Gasteiger partial charge in [0, 0.05) is 18.3 Å². The van der Waals surface area contributed by atoms with Crippen molar-refractivity contribution in [1.82, 2.24) is 9.78 Å². The fraction of sp³-hybridized carbons (Fsp3) is 0.120. The van der Waals surface area contributed by atoms with E-state index in [-0.39, 0.29) is 35.3 Å². The molecule has 0 saturated heterocycles. The predicted molar refractivity (Wildman–Crippen MR) is 127 cm³/mol. The number of anilines is 1. The summed E-state index contributed by atoms with van der Waals surface area (Å²) in [6.45, 7) is 1.57. The second kappa shape index (κ2) is 10.4. The van der Waals surface area contributed by atoms with E-state index in [1.165, 1.54) is 47.3 Å². The zero-order valence-electron chi connectivity index (χ0n) is 19.2. The van der Waals surface area contributed by atoms with Crippen molar-refractivity contribution in [3.63, 3.8) is 0 Å². The lowest BCUT2D eigenvalue weighted by Crippen LogP contribution is -2.14. The number of hydrogen-bond acceptors (Lipinski definition) is 6. The normalized spacial score (nSPS) is 11.1. The van der Waals surface area contributed by atoms with E-state index in [4.69, 9.17) is 9.47 Å². The number of benzene rings is 3. The summed E-state index contributed by atoms with van der Waals surface area (Å²) in [5, 5.41) is 18.0. The van der Waals surface area contributed by atoms with Crippen molar-refractivity contribution in [2.24, 2.45) is 0 Å². The van der Waals surface area contributed by atoms with Crippen LogP contribution in [0.2, 0.25) is 0 Å². The van der Waals surface area contributed by atoms with Gasteiger partial charge < -0.3 is 14.8 Å². The van der Waals surface area contributed by atoms with Gasteiger partial charge in [-0.1, -0.05) is 24.3 Å². The number of halogens is 3. The molecule has 1 aromatic heterocycles. The molecule has 0 saturated carbocycles. The van der Waals surface area contributed by atoms with Crippen LogP contribution in [0.3, 0.4) is 0 Å². The van der Waals surface area contributed by atoms with Crippen LogP contribution in [0.1, 0.15) is 21.6 Å². The first-order chi connectivity index (χ1) is 17.6. The van der Waals surface area contributed by atoms with Gasteiger partial charge >= 0.3 is 6.18 Å². The minimum atomic E-state index is -4.51. The van der Waals surface area contributed by atoms with Crippen LogP contribution in [0.4, 0.5) is 24.5 Å². The van der Waals surface area contributed by atoms with Gasteiger partial charge in [0.2, 0.25) is 0 Å². The third kappa shape index (κ3) is 6.42. The highest BCUT2D eigenvalue weighted by Gasteiger charge is 2.30. The third-order valence-corrected chi connectivity index (χ3v) is 5.08. The molecule has 3 aromatic carbocycles. The fourth-order valence-corrected chi connectivity index (χ4v) is 3.27. The Bertz CT molecular complexity index is 1450. The Morgan fingerprint density at radius 3 is 2.57 bits per heavy atom. The molecule has 0 fully saturated rings. The summed E-state index contributed by atoms with van der Waals surface area (Å²) in [7, 11) is 0. The number of aryl methyl sites for hydroxylation is 1. The minimum absolute atomic E-state index is 0.0193. The van der Waals surface area contributed by atoms with Crippen molar-refractivity contribution in [1.29, 1.82) is 0 Å². The summed E-state index contributed by atoms with van der Waals surface area (Å²) in [5.41, 5.74) is -0.259. The highest BCUT2D eigenvalue weighted by molar-refractivity contribution is 6.03. The van der Waals surface area contributed by atoms with Crippen molar-refractivity contribution in [2.45, 2.75) is 19.8 Å². The molecule has 1 N–H and O–H groups in total. The quantitative estimate of drug-likeness (QED) is 0.222. The molecule has 37 heavy (non-hydrogen) atoms. The van der Waals surface area contributed by atoms with E-state index in [1.54, 1.807) is 12.1 Å². The Balaban J connectivity index is 1.45. The monoisotopic (exact) mass is 512 g/mol. The van der Waals surface area contributed by atoms with Gasteiger partial charge in [-0.2, -0.15) is 18.3 Å². The number of nitro benzene ring substituents is 1. The molecule has 0 spiro atoms. The van der Waals surface area contributed by atoms with Crippen LogP contribution in [0.5, 0.6) is 17.2 Å². The Hall–Kier alpha value is -4.87. The summed E-state index contributed by atoms with van der Waals surface area (Å²) in [6.07, 6.45) is -3.10. The SMILES string of the molecule is Cc1ccccc1Oc1cc(NC(=O)c2ccn(COc3cccc(C(F)(F)F)c3)n2)cc([N+](=O)[O-])c1. The Morgan fingerprint density at radius 2 is 1.84 bits per heavy atom. The lowest BCUT2D eigenvalue weighted by atomic mass is 10.2. The largest absolute Gasteiger partial charge is 0.471 e. The number of aromatic nitrogens is 2. The van der Waals surface area contributed by atoms with Gasteiger partial charge in [-0.25, -0.2) is 4.68 Å². The van der Waals surface area contributed by atoms with E-state index in [0.29, 0.717) is 5.75 Å². The van der Waals surface area contributed by atoms with Crippen LogP contribution in [0, 0.1) is 17.0 Å². The molecule has 0 unspecified atom stereocenters. The van der Waals surface area contributed by atoms with Crippen molar-refractivity contribution < 1.29 is 32.4 Å². The molecule has 0 aliphatic carbocycles. The molecule has 0 aliphatic rings. The molecule has 1 amide bonds. The first-order valence-electron chi connectivity index (χ1n) is 10.8. The van der Waals surface area contributed by atoms with Crippen molar-refractivity contribution in [3.8, 4) is 17.2 Å². The van der Waals surface area contributed by atoms with Crippen molar-refractivity contribution in [2.75, 3.05) is 5.32 Å². The van der Waals surface area contributed by atoms with Gasteiger partial charge in [0.15, 0.2) is 12.4 Å². The van der Waals surface area contributed by atoms with E-state index >= 15 is 0 Å². The van der Waals surface area contributed by atoms with Crippen molar-refractivity contribution in [3.05, 3.63) is 106 Å². The highest BCUT2D eigenvalue weighted by Crippen LogP contribution is 2.32.